The molecule has 1 aromatic rings. The van der Waals surface area contributed by atoms with Gasteiger partial charge in [0.25, 0.3) is 0 Å². The van der Waals surface area contributed by atoms with Gasteiger partial charge in [-0.3, -0.25) is 0 Å². The molecule has 14 heavy (non-hydrogen) atoms. The van der Waals surface area contributed by atoms with Crippen molar-refractivity contribution in [1.82, 2.24) is 0 Å². The fourth-order valence-corrected chi connectivity index (χ4v) is 1.61. The van der Waals surface area contributed by atoms with Gasteiger partial charge in [0.05, 0.1) is 12.7 Å². The van der Waals surface area contributed by atoms with Crippen LogP contribution in [0.15, 0.2) is 30.2 Å². The van der Waals surface area contributed by atoms with Crippen LogP contribution in [0.2, 0.25) is 0 Å². The minimum Gasteiger partial charge on any atom is -0.478 e. The quantitative estimate of drug-likeness (QED) is 0.615. The van der Waals surface area contributed by atoms with E-state index >= 15 is 0 Å². The van der Waals surface area contributed by atoms with Gasteiger partial charge in [0, 0.05) is 17.4 Å². The van der Waals surface area contributed by atoms with E-state index in [2.05, 4.69) is 24.1 Å². The van der Waals surface area contributed by atoms with Crippen molar-refractivity contribution in [2.75, 3.05) is 6.61 Å². The smallest absolute Gasteiger partial charge is 0.327 e. The molecule has 1 saturated heterocycles. The minimum atomic E-state index is -0.981. The summed E-state index contributed by atoms with van der Waals surface area (Å²) < 4.78 is 5.09. The van der Waals surface area contributed by atoms with Gasteiger partial charge < -0.3 is 9.84 Å². The molecule has 2 heterocycles. The number of carbonyl (C=O) groups is 1. The van der Waals surface area contributed by atoms with Gasteiger partial charge in [0.1, 0.15) is 0 Å². The molecule has 4 heteroatoms. The van der Waals surface area contributed by atoms with Crippen molar-refractivity contribution in [2.24, 2.45) is 0 Å². The highest BCUT2D eigenvalue weighted by Gasteiger charge is 2.22. The number of carboxylic acid groups (broad SMARTS) is 1. The maximum absolute atomic E-state index is 9.25. The largest absolute Gasteiger partial charge is 0.478 e. The average molecular weight is 212 g/mol. The predicted molar refractivity (Wildman–Crippen MR) is 55.6 cm³/mol. The maximum Gasteiger partial charge on any atom is 0.327 e. The Labute approximate surface area is 86.6 Å². The van der Waals surface area contributed by atoms with Crippen LogP contribution in [0.1, 0.15) is 4.88 Å². The standard InChI is InChI=1S/C7H8OS.C3H4O2/c1-2-7(9-3-1)4-6-5-8-6;1-2-3(4)5/h1-3,6H,4-5H2;2H,1H2,(H,4,5). The van der Waals surface area contributed by atoms with Crippen LogP contribution in [0.3, 0.4) is 0 Å². The van der Waals surface area contributed by atoms with E-state index in [1.54, 1.807) is 0 Å². The second-order valence-electron chi connectivity index (χ2n) is 2.78. The normalized spacial score (nSPS) is 17.9. The maximum atomic E-state index is 9.25. The summed E-state index contributed by atoms with van der Waals surface area (Å²) in [5.74, 6) is -0.981. The predicted octanol–water partition coefficient (Wildman–Crippen LogP) is 1.95. The SMILES string of the molecule is C=CC(=O)O.c1csc(CC2CO2)c1. The highest BCUT2D eigenvalue weighted by molar-refractivity contribution is 7.09. The van der Waals surface area contributed by atoms with Crippen LogP contribution in [-0.2, 0) is 16.0 Å². The van der Waals surface area contributed by atoms with Crippen LogP contribution in [0.5, 0.6) is 0 Å². The van der Waals surface area contributed by atoms with E-state index in [-0.39, 0.29) is 0 Å². The molecule has 0 spiro atoms. The van der Waals surface area contributed by atoms with Crippen LogP contribution in [0, 0.1) is 0 Å². The molecule has 0 aliphatic carbocycles. The summed E-state index contributed by atoms with van der Waals surface area (Å²) in [6.07, 6.45) is 2.50. The molecule has 2 rings (SSSR count). The molecule has 1 aromatic heterocycles. The van der Waals surface area contributed by atoms with Crippen molar-refractivity contribution in [2.45, 2.75) is 12.5 Å². The first-order chi connectivity index (χ1) is 6.72. The summed E-state index contributed by atoms with van der Waals surface area (Å²) in [6, 6.07) is 4.24. The number of hydrogen-bond acceptors (Lipinski definition) is 3. The van der Waals surface area contributed by atoms with Gasteiger partial charge >= 0.3 is 5.97 Å². The molecular weight excluding hydrogens is 200 g/mol. The van der Waals surface area contributed by atoms with Crippen molar-refractivity contribution in [3.8, 4) is 0 Å². The molecule has 1 unspecified atom stereocenters. The lowest BCUT2D eigenvalue weighted by molar-refractivity contribution is -0.131. The summed E-state index contributed by atoms with van der Waals surface area (Å²) in [5.41, 5.74) is 0. The molecule has 0 amide bonds. The van der Waals surface area contributed by atoms with Crippen molar-refractivity contribution in [3.05, 3.63) is 35.0 Å². The van der Waals surface area contributed by atoms with Crippen molar-refractivity contribution < 1.29 is 14.6 Å². The summed E-state index contributed by atoms with van der Waals surface area (Å²) in [5, 5.41) is 9.71. The lowest BCUT2D eigenvalue weighted by Crippen LogP contribution is -1.87. The Kier molecular flexibility index (Phi) is 4.35. The molecule has 0 saturated carbocycles. The lowest BCUT2D eigenvalue weighted by Gasteiger charge is -1.86. The van der Waals surface area contributed by atoms with Gasteiger partial charge in [-0.05, 0) is 11.4 Å². The Morgan fingerprint density at radius 3 is 2.86 bits per heavy atom. The van der Waals surface area contributed by atoms with Gasteiger partial charge in [-0.15, -0.1) is 11.3 Å². The van der Waals surface area contributed by atoms with Crippen molar-refractivity contribution in [3.63, 3.8) is 0 Å². The number of epoxide rings is 1. The van der Waals surface area contributed by atoms with E-state index < -0.39 is 5.97 Å². The third-order valence-electron chi connectivity index (χ3n) is 1.59. The van der Waals surface area contributed by atoms with E-state index in [1.807, 2.05) is 11.3 Å². The number of carboxylic acids is 1. The Balaban J connectivity index is 0.000000171. The van der Waals surface area contributed by atoms with Gasteiger partial charge in [-0.1, -0.05) is 12.6 Å². The molecule has 1 aliphatic rings. The van der Waals surface area contributed by atoms with Gasteiger partial charge in [0.15, 0.2) is 0 Å². The van der Waals surface area contributed by atoms with E-state index in [4.69, 9.17) is 9.84 Å². The Morgan fingerprint density at radius 2 is 2.50 bits per heavy atom. The molecule has 0 radical (unpaired) electrons. The average Bonchev–Trinajstić information content (AvgIpc) is 2.81. The lowest BCUT2D eigenvalue weighted by atomic mass is 10.3. The van der Waals surface area contributed by atoms with Gasteiger partial charge in [-0.2, -0.15) is 0 Å². The second kappa shape index (κ2) is 5.57. The highest BCUT2D eigenvalue weighted by atomic mass is 32.1. The molecule has 1 atom stereocenters. The molecule has 3 nitrogen and oxygen atoms in total. The third kappa shape index (κ3) is 4.79. The zero-order valence-electron chi connectivity index (χ0n) is 7.68. The summed E-state index contributed by atoms with van der Waals surface area (Å²) >= 11 is 1.81. The molecule has 0 aromatic carbocycles. The van der Waals surface area contributed by atoms with Crippen molar-refractivity contribution in [1.29, 1.82) is 0 Å². The molecular formula is C10H12O3S. The Bertz CT molecular complexity index is 288. The number of ether oxygens (including phenoxy) is 1. The van der Waals surface area contributed by atoms with Gasteiger partial charge in [0.2, 0.25) is 0 Å². The first-order valence-electron chi connectivity index (χ1n) is 4.21. The van der Waals surface area contributed by atoms with E-state index in [1.165, 1.54) is 4.88 Å². The molecule has 1 fully saturated rings. The van der Waals surface area contributed by atoms with Crippen LogP contribution < -0.4 is 0 Å². The van der Waals surface area contributed by atoms with Crippen LogP contribution in [0.4, 0.5) is 0 Å². The highest BCUT2D eigenvalue weighted by Crippen LogP contribution is 2.18. The number of aliphatic carboxylic acids is 1. The number of hydrogen-bond donors (Lipinski definition) is 1. The van der Waals surface area contributed by atoms with E-state index in [9.17, 15) is 4.79 Å². The van der Waals surface area contributed by atoms with Crippen LogP contribution in [0.25, 0.3) is 0 Å². The van der Waals surface area contributed by atoms with E-state index in [0.717, 1.165) is 19.1 Å². The summed E-state index contributed by atoms with van der Waals surface area (Å²) in [7, 11) is 0. The zero-order valence-corrected chi connectivity index (χ0v) is 8.50. The number of thiophene rings is 1. The third-order valence-corrected chi connectivity index (χ3v) is 2.48. The molecule has 76 valence electrons. The first-order valence-corrected chi connectivity index (χ1v) is 5.09. The molecule has 0 bridgehead atoms. The zero-order chi connectivity index (χ0) is 10.4. The monoisotopic (exact) mass is 212 g/mol. The van der Waals surface area contributed by atoms with Crippen LogP contribution >= 0.6 is 11.3 Å². The fourth-order valence-electron chi connectivity index (χ4n) is 0.839. The molecule has 1 aliphatic heterocycles. The van der Waals surface area contributed by atoms with Crippen molar-refractivity contribution >= 4 is 17.3 Å². The van der Waals surface area contributed by atoms with E-state index in [0.29, 0.717) is 6.10 Å². The Morgan fingerprint density at radius 1 is 1.86 bits per heavy atom. The summed E-state index contributed by atoms with van der Waals surface area (Å²) in [4.78, 5) is 10.7. The first kappa shape index (κ1) is 10.9. The summed E-state index contributed by atoms with van der Waals surface area (Å²) in [6.45, 7) is 3.93. The van der Waals surface area contributed by atoms with Gasteiger partial charge in [-0.25, -0.2) is 4.79 Å². The fraction of sp³-hybridized carbons (Fsp3) is 0.300. The Hall–Kier alpha value is -1.13. The topological polar surface area (TPSA) is 49.8 Å². The second-order valence-corrected chi connectivity index (χ2v) is 3.81. The minimum absolute atomic E-state index is 0.545. The molecule has 1 N–H and O–H groups in total. The number of rotatable bonds is 3. The van der Waals surface area contributed by atoms with Crippen LogP contribution in [-0.4, -0.2) is 23.8 Å².